The van der Waals surface area contributed by atoms with E-state index in [-0.39, 0.29) is 31.1 Å². The zero-order valence-electron chi connectivity index (χ0n) is 13.8. The average Bonchev–Trinajstić information content (AvgIpc) is 2.55. The number of fused-ring (bicyclic) bond motifs is 1. The molecule has 0 bridgehead atoms. The first-order chi connectivity index (χ1) is 12.2. The van der Waals surface area contributed by atoms with Gasteiger partial charge in [0, 0.05) is 31.9 Å². The van der Waals surface area contributed by atoms with Crippen LogP contribution in [0.1, 0.15) is 6.92 Å². The molecule has 0 radical (unpaired) electrons. The fourth-order valence-corrected chi connectivity index (χ4v) is 3.10. The first-order valence-electron chi connectivity index (χ1n) is 7.89. The summed E-state index contributed by atoms with van der Waals surface area (Å²) in [5.74, 6) is -0.107. The standard InChI is InChI=1S/C15H16F3N5O3/c1-10-8-20(6-7-21(10)9-15(16,17)18)13-12(23(25)26)14(24)22-5-3-2-4-11(22)19-13/h2-5,10H,6-9H2,1H3. The van der Waals surface area contributed by atoms with E-state index in [4.69, 9.17) is 0 Å². The summed E-state index contributed by atoms with van der Waals surface area (Å²) in [5, 5.41) is 11.4. The molecule has 2 aromatic heterocycles. The van der Waals surface area contributed by atoms with Gasteiger partial charge in [-0.25, -0.2) is 4.98 Å². The van der Waals surface area contributed by atoms with Crippen LogP contribution in [0.4, 0.5) is 24.7 Å². The maximum atomic E-state index is 12.6. The molecule has 0 N–H and O–H groups in total. The third kappa shape index (κ3) is 3.47. The quantitative estimate of drug-likeness (QED) is 0.603. The number of alkyl halides is 3. The van der Waals surface area contributed by atoms with Crippen LogP contribution >= 0.6 is 0 Å². The van der Waals surface area contributed by atoms with Gasteiger partial charge < -0.3 is 4.90 Å². The van der Waals surface area contributed by atoms with Crippen LogP contribution in [0.25, 0.3) is 5.65 Å². The van der Waals surface area contributed by atoms with Gasteiger partial charge in [-0.2, -0.15) is 13.2 Å². The van der Waals surface area contributed by atoms with Gasteiger partial charge in [0.15, 0.2) is 0 Å². The van der Waals surface area contributed by atoms with Crippen LogP contribution in [0.3, 0.4) is 0 Å². The first-order valence-corrected chi connectivity index (χ1v) is 7.89. The molecule has 3 rings (SSSR count). The van der Waals surface area contributed by atoms with Crippen LogP contribution in [-0.2, 0) is 0 Å². The van der Waals surface area contributed by atoms with Crippen LogP contribution < -0.4 is 10.5 Å². The van der Waals surface area contributed by atoms with Crippen molar-refractivity contribution in [1.82, 2.24) is 14.3 Å². The van der Waals surface area contributed by atoms with E-state index in [0.29, 0.717) is 0 Å². The van der Waals surface area contributed by atoms with Crippen molar-refractivity contribution in [1.29, 1.82) is 0 Å². The SMILES string of the molecule is CC1CN(c2nc3ccccn3c(=O)c2[N+](=O)[O-])CCN1CC(F)(F)F. The van der Waals surface area contributed by atoms with Gasteiger partial charge >= 0.3 is 17.4 Å². The number of piperazine rings is 1. The predicted molar refractivity (Wildman–Crippen MR) is 87.4 cm³/mol. The van der Waals surface area contributed by atoms with Crippen LogP contribution in [0.5, 0.6) is 0 Å². The molecular formula is C15H16F3N5O3. The highest BCUT2D eigenvalue weighted by Crippen LogP contribution is 2.27. The Kier molecular flexibility index (Phi) is 4.57. The normalized spacial score (nSPS) is 19.1. The lowest BCUT2D eigenvalue weighted by Gasteiger charge is -2.40. The van der Waals surface area contributed by atoms with Crippen molar-refractivity contribution in [2.45, 2.75) is 19.1 Å². The maximum absolute atomic E-state index is 12.6. The molecule has 0 spiro atoms. The van der Waals surface area contributed by atoms with Gasteiger partial charge in [0.2, 0.25) is 5.82 Å². The number of rotatable bonds is 3. The summed E-state index contributed by atoms with van der Waals surface area (Å²) < 4.78 is 39.0. The fraction of sp³-hybridized carbons (Fsp3) is 0.467. The van der Waals surface area contributed by atoms with Gasteiger partial charge in [-0.05, 0) is 19.1 Å². The summed E-state index contributed by atoms with van der Waals surface area (Å²) >= 11 is 0. The Bertz CT molecular complexity index is 898. The Morgan fingerprint density at radius 3 is 2.69 bits per heavy atom. The van der Waals surface area contributed by atoms with Crippen molar-refractivity contribution in [3.8, 4) is 0 Å². The number of hydrogen-bond donors (Lipinski definition) is 0. The Morgan fingerprint density at radius 1 is 1.35 bits per heavy atom. The smallest absolute Gasteiger partial charge is 0.348 e. The minimum Gasteiger partial charge on any atom is -0.348 e. The van der Waals surface area contributed by atoms with E-state index in [1.165, 1.54) is 22.1 Å². The summed E-state index contributed by atoms with van der Waals surface area (Å²) in [6.45, 7) is 0.840. The lowest BCUT2D eigenvalue weighted by molar-refractivity contribution is -0.385. The molecule has 0 aromatic carbocycles. The average molecular weight is 371 g/mol. The Morgan fingerprint density at radius 2 is 2.08 bits per heavy atom. The molecule has 2 aromatic rings. The number of pyridine rings is 1. The molecule has 1 aliphatic rings. The summed E-state index contributed by atoms with van der Waals surface area (Å²) in [6, 6.07) is 4.23. The summed E-state index contributed by atoms with van der Waals surface area (Å²) in [7, 11) is 0. The van der Waals surface area contributed by atoms with E-state index in [2.05, 4.69) is 4.98 Å². The van der Waals surface area contributed by atoms with Crippen LogP contribution in [-0.4, -0.2) is 57.6 Å². The zero-order chi connectivity index (χ0) is 19.1. The van der Waals surface area contributed by atoms with Gasteiger partial charge in [0.05, 0.1) is 11.5 Å². The van der Waals surface area contributed by atoms with Crippen molar-refractivity contribution in [2.75, 3.05) is 31.1 Å². The molecule has 26 heavy (non-hydrogen) atoms. The molecule has 0 saturated carbocycles. The van der Waals surface area contributed by atoms with Crippen molar-refractivity contribution in [3.63, 3.8) is 0 Å². The molecule has 11 heteroatoms. The molecule has 0 amide bonds. The van der Waals surface area contributed by atoms with E-state index in [9.17, 15) is 28.1 Å². The molecule has 1 unspecified atom stereocenters. The van der Waals surface area contributed by atoms with Crippen LogP contribution in [0.15, 0.2) is 29.2 Å². The molecule has 1 fully saturated rings. The highest BCUT2D eigenvalue weighted by atomic mass is 19.4. The molecule has 1 atom stereocenters. The lowest BCUT2D eigenvalue weighted by Crippen LogP contribution is -2.54. The highest BCUT2D eigenvalue weighted by molar-refractivity contribution is 5.61. The largest absolute Gasteiger partial charge is 0.401 e. The lowest BCUT2D eigenvalue weighted by atomic mass is 10.2. The van der Waals surface area contributed by atoms with Crippen molar-refractivity contribution in [2.24, 2.45) is 0 Å². The zero-order valence-corrected chi connectivity index (χ0v) is 13.8. The third-order valence-electron chi connectivity index (χ3n) is 4.32. The molecule has 1 saturated heterocycles. The Labute approximate surface area is 145 Å². The van der Waals surface area contributed by atoms with Gasteiger partial charge in [0.1, 0.15) is 5.65 Å². The van der Waals surface area contributed by atoms with Gasteiger partial charge in [0.25, 0.3) is 0 Å². The van der Waals surface area contributed by atoms with Crippen molar-refractivity contribution >= 4 is 17.2 Å². The highest BCUT2D eigenvalue weighted by Gasteiger charge is 2.37. The maximum Gasteiger partial charge on any atom is 0.401 e. The number of hydrogen-bond acceptors (Lipinski definition) is 6. The van der Waals surface area contributed by atoms with Gasteiger partial charge in [-0.15, -0.1) is 0 Å². The fourth-order valence-electron chi connectivity index (χ4n) is 3.10. The Balaban J connectivity index is 1.97. The van der Waals surface area contributed by atoms with Gasteiger partial charge in [-0.1, -0.05) is 6.07 Å². The second-order valence-electron chi connectivity index (χ2n) is 6.16. The summed E-state index contributed by atoms with van der Waals surface area (Å²) in [5.41, 5.74) is -1.25. The molecule has 140 valence electrons. The van der Waals surface area contributed by atoms with E-state index < -0.39 is 34.9 Å². The minimum absolute atomic E-state index is 0.0632. The first kappa shape index (κ1) is 18.1. The number of halogens is 3. The second kappa shape index (κ2) is 6.56. The van der Waals surface area contributed by atoms with E-state index >= 15 is 0 Å². The molecular weight excluding hydrogens is 355 g/mol. The molecule has 1 aliphatic heterocycles. The van der Waals surface area contributed by atoms with Gasteiger partial charge in [-0.3, -0.25) is 24.2 Å². The summed E-state index contributed by atoms with van der Waals surface area (Å²) in [6.07, 6.45) is -2.94. The topological polar surface area (TPSA) is 84.0 Å². The molecule has 3 heterocycles. The number of nitrogens with zero attached hydrogens (tertiary/aromatic N) is 5. The monoisotopic (exact) mass is 371 g/mol. The number of aromatic nitrogens is 2. The van der Waals surface area contributed by atoms with E-state index in [0.717, 1.165) is 4.40 Å². The van der Waals surface area contributed by atoms with E-state index in [1.807, 2.05) is 0 Å². The number of nitro groups is 1. The molecule has 8 nitrogen and oxygen atoms in total. The predicted octanol–water partition coefficient (Wildman–Crippen LogP) is 1.68. The van der Waals surface area contributed by atoms with Crippen LogP contribution in [0.2, 0.25) is 0 Å². The van der Waals surface area contributed by atoms with E-state index in [1.54, 1.807) is 19.1 Å². The third-order valence-corrected chi connectivity index (χ3v) is 4.32. The van der Waals surface area contributed by atoms with Crippen molar-refractivity contribution in [3.05, 3.63) is 44.9 Å². The van der Waals surface area contributed by atoms with Crippen LogP contribution in [0, 0.1) is 10.1 Å². The molecule has 0 aliphatic carbocycles. The Hall–Kier alpha value is -2.69. The second-order valence-corrected chi connectivity index (χ2v) is 6.16. The number of anilines is 1. The van der Waals surface area contributed by atoms with Crippen molar-refractivity contribution < 1.29 is 18.1 Å². The minimum atomic E-state index is -4.32. The summed E-state index contributed by atoms with van der Waals surface area (Å²) in [4.78, 5) is 30.1.